The summed E-state index contributed by atoms with van der Waals surface area (Å²) < 4.78 is 5.77. The maximum atomic E-state index is 12.2. The smallest absolute Gasteiger partial charge is 0.164 e. The minimum atomic E-state index is -1.42. The molecule has 1 aliphatic heterocycles. The van der Waals surface area contributed by atoms with E-state index in [2.05, 4.69) is 0 Å². The largest absolute Gasteiger partial charge is 0.393 e. The molecule has 0 unspecified atom stereocenters. The van der Waals surface area contributed by atoms with Crippen molar-refractivity contribution < 1.29 is 19.7 Å². The van der Waals surface area contributed by atoms with E-state index in [1.165, 1.54) is 5.57 Å². The highest BCUT2D eigenvalue weighted by atomic mass is 16.5. The van der Waals surface area contributed by atoms with Crippen LogP contribution < -0.4 is 0 Å². The molecule has 2 aliphatic rings. The van der Waals surface area contributed by atoms with Crippen LogP contribution in [0, 0.1) is 11.8 Å². The van der Waals surface area contributed by atoms with Gasteiger partial charge in [0, 0.05) is 12.3 Å². The topological polar surface area (TPSA) is 66.8 Å². The van der Waals surface area contributed by atoms with Gasteiger partial charge in [-0.2, -0.15) is 0 Å². The predicted molar refractivity (Wildman–Crippen MR) is 71.6 cm³/mol. The Morgan fingerprint density at radius 2 is 2.26 bits per heavy atom. The van der Waals surface area contributed by atoms with Crippen LogP contribution in [0.15, 0.2) is 11.6 Å². The average molecular weight is 268 g/mol. The van der Waals surface area contributed by atoms with E-state index < -0.39 is 18.3 Å². The van der Waals surface area contributed by atoms with Gasteiger partial charge in [0.25, 0.3) is 0 Å². The number of ketones is 1. The van der Waals surface area contributed by atoms with Crippen LogP contribution in [-0.2, 0) is 9.53 Å². The van der Waals surface area contributed by atoms with E-state index >= 15 is 0 Å². The molecule has 0 saturated carbocycles. The standard InChI is InChI=1S/C15H24O4/c1-9(2)6-12(17)14-15(18,8-16)11-5-4-10(3)7-13(11)19-14/h7,9,11,13-14,16,18H,4-6,8H2,1-3H3/t11-,13+,14+,15+/m1/s1. The van der Waals surface area contributed by atoms with Crippen molar-refractivity contribution in [2.75, 3.05) is 6.61 Å². The van der Waals surface area contributed by atoms with Gasteiger partial charge in [0.05, 0.1) is 12.7 Å². The molecular weight excluding hydrogens is 244 g/mol. The lowest BCUT2D eigenvalue weighted by molar-refractivity contribution is -0.145. The first kappa shape index (κ1) is 14.7. The molecule has 0 aromatic heterocycles. The summed E-state index contributed by atoms with van der Waals surface area (Å²) >= 11 is 0. The van der Waals surface area contributed by atoms with Gasteiger partial charge in [-0.15, -0.1) is 0 Å². The van der Waals surface area contributed by atoms with E-state index in [1.807, 2.05) is 26.8 Å². The summed E-state index contributed by atoms with van der Waals surface area (Å²) in [4.78, 5) is 12.2. The van der Waals surface area contributed by atoms with Crippen LogP contribution in [-0.4, -0.2) is 40.4 Å². The van der Waals surface area contributed by atoms with Gasteiger partial charge in [-0.05, 0) is 25.7 Å². The van der Waals surface area contributed by atoms with Crippen LogP contribution in [0.2, 0.25) is 0 Å². The first-order valence-electron chi connectivity index (χ1n) is 7.07. The molecule has 0 amide bonds. The van der Waals surface area contributed by atoms with Gasteiger partial charge >= 0.3 is 0 Å². The summed E-state index contributed by atoms with van der Waals surface area (Å²) in [6.07, 6.45) is 2.86. The SMILES string of the molecule is CC1=C[C@@H]2O[C@@H](C(=O)CC(C)C)[C@](O)(CO)[C@@H]2CC1. The normalized spacial score (nSPS) is 38.2. The molecule has 4 atom stereocenters. The lowest BCUT2D eigenvalue weighted by Crippen LogP contribution is -2.51. The minimum absolute atomic E-state index is 0.105. The molecule has 2 N–H and O–H groups in total. The molecule has 0 aromatic rings. The number of aliphatic hydroxyl groups excluding tert-OH is 1. The fraction of sp³-hybridized carbons (Fsp3) is 0.800. The number of rotatable bonds is 4. The van der Waals surface area contributed by atoms with E-state index in [9.17, 15) is 15.0 Å². The highest BCUT2D eigenvalue weighted by Gasteiger charge is 2.57. The van der Waals surface area contributed by atoms with Gasteiger partial charge in [0.2, 0.25) is 0 Å². The lowest BCUT2D eigenvalue weighted by atomic mass is 9.75. The monoisotopic (exact) mass is 268 g/mol. The highest BCUT2D eigenvalue weighted by molar-refractivity contribution is 5.85. The summed E-state index contributed by atoms with van der Waals surface area (Å²) in [5, 5.41) is 20.3. The van der Waals surface area contributed by atoms with E-state index in [-0.39, 0.29) is 23.7 Å². The number of carbonyl (C=O) groups excluding carboxylic acids is 1. The first-order valence-corrected chi connectivity index (χ1v) is 7.07. The fourth-order valence-corrected chi connectivity index (χ4v) is 3.23. The average Bonchev–Trinajstić information content (AvgIpc) is 2.62. The van der Waals surface area contributed by atoms with Crippen molar-refractivity contribution in [3.05, 3.63) is 11.6 Å². The number of hydrogen-bond acceptors (Lipinski definition) is 4. The maximum Gasteiger partial charge on any atom is 0.164 e. The van der Waals surface area contributed by atoms with Crippen LogP contribution in [0.1, 0.15) is 40.0 Å². The zero-order chi connectivity index (χ0) is 14.2. The Balaban J connectivity index is 2.23. The molecule has 4 heteroatoms. The lowest BCUT2D eigenvalue weighted by Gasteiger charge is -2.33. The molecule has 0 bridgehead atoms. The van der Waals surface area contributed by atoms with Crippen molar-refractivity contribution in [3.8, 4) is 0 Å². The molecule has 1 saturated heterocycles. The fourth-order valence-electron chi connectivity index (χ4n) is 3.23. The highest BCUT2D eigenvalue weighted by Crippen LogP contribution is 2.44. The Kier molecular flexibility index (Phi) is 4.14. The van der Waals surface area contributed by atoms with Crippen molar-refractivity contribution in [2.24, 2.45) is 11.8 Å². The Labute approximate surface area is 114 Å². The van der Waals surface area contributed by atoms with E-state index in [4.69, 9.17) is 4.74 Å². The molecule has 2 rings (SSSR count). The summed E-state index contributed by atoms with van der Waals surface area (Å²) in [5.41, 5.74) is -0.202. The summed E-state index contributed by atoms with van der Waals surface area (Å²) in [7, 11) is 0. The number of allylic oxidation sites excluding steroid dienone is 1. The van der Waals surface area contributed by atoms with Crippen LogP contribution in [0.25, 0.3) is 0 Å². The van der Waals surface area contributed by atoms with Gasteiger partial charge in [0.1, 0.15) is 11.7 Å². The second-order valence-electron chi connectivity index (χ2n) is 6.35. The third-order valence-corrected chi connectivity index (χ3v) is 4.24. The third-order valence-electron chi connectivity index (χ3n) is 4.24. The molecule has 0 radical (unpaired) electrons. The van der Waals surface area contributed by atoms with Gasteiger partial charge < -0.3 is 14.9 Å². The number of hydrogen-bond donors (Lipinski definition) is 2. The summed E-state index contributed by atoms with van der Waals surface area (Å²) in [6.45, 7) is 5.53. The van der Waals surface area contributed by atoms with Gasteiger partial charge in [-0.25, -0.2) is 0 Å². The molecule has 4 nitrogen and oxygen atoms in total. The third kappa shape index (κ3) is 2.62. The van der Waals surface area contributed by atoms with Crippen molar-refractivity contribution in [1.29, 1.82) is 0 Å². The molecule has 1 heterocycles. The molecule has 108 valence electrons. The predicted octanol–water partition coefficient (Wildman–Crippen LogP) is 1.45. The van der Waals surface area contributed by atoms with Crippen LogP contribution in [0.3, 0.4) is 0 Å². The molecular formula is C15H24O4. The van der Waals surface area contributed by atoms with E-state index in [1.54, 1.807) is 0 Å². The maximum absolute atomic E-state index is 12.2. The van der Waals surface area contributed by atoms with Crippen molar-refractivity contribution >= 4 is 5.78 Å². The minimum Gasteiger partial charge on any atom is -0.393 e. The van der Waals surface area contributed by atoms with Crippen molar-refractivity contribution in [1.82, 2.24) is 0 Å². The van der Waals surface area contributed by atoms with Crippen molar-refractivity contribution in [2.45, 2.75) is 57.8 Å². The Morgan fingerprint density at radius 3 is 2.84 bits per heavy atom. The zero-order valence-electron chi connectivity index (χ0n) is 11.9. The van der Waals surface area contributed by atoms with Gasteiger partial charge in [-0.3, -0.25) is 4.79 Å². The molecule has 0 aromatic carbocycles. The summed E-state index contributed by atoms with van der Waals surface area (Å²) in [6, 6.07) is 0. The second-order valence-corrected chi connectivity index (χ2v) is 6.35. The van der Waals surface area contributed by atoms with Crippen LogP contribution in [0.4, 0.5) is 0 Å². The second kappa shape index (κ2) is 5.35. The molecule has 19 heavy (non-hydrogen) atoms. The Hall–Kier alpha value is -0.710. The van der Waals surface area contributed by atoms with Gasteiger partial charge in [-0.1, -0.05) is 25.5 Å². The van der Waals surface area contributed by atoms with Gasteiger partial charge in [0.15, 0.2) is 5.78 Å². The Morgan fingerprint density at radius 1 is 1.58 bits per heavy atom. The van der Waals surface area contributed by atoms with Crippen LogP contribution in [0.5, 0.6) is 0 Å². The molecule has 1 aliphatic carbocycles. The molecule has 1 fully saturated rings. The van der Waals surface area contributed by atoms with Crippen LogP contribution >= 0.6 is 0 Å². The number of ether oxygens (including phenoxy) is 1. The van der Waals surface area contributed by atoms with Crippen molar-refractivity contribution in [3.63, 3.8) is 0 Å². The quantitative estimate of drug-likeness (QED) is 0.757. The zero-order valence-corrected chi connectivity index (χ0v) is 11.9. The number of carbonyl (C=O) groups is 1. The number of aliphatic hydroxyl groups is 2. The Bertz CT molecular complexity index is 388. The first-order chi connectivity index (χ1) is 8.88. The van der Waals surface area contributed by atoms with E-state index in [0.717, 1.165) is 12.8 Å². The summed E-state index contributed by atoms with van der Waals surface area (Å²) in [5.74, 6) is -0.0618. The number of fused-ring (bicyclic) bond motifs is 1. The number of Topliss-reactive ketones (excluding diaryl/α,β-unsaturated/α-hetero) is 1. The van der Waals surface area contributed by atoms with E-state index in [0.29, 0.717) is 6.42 Å². The molecule has 0 spiro atoms.